The van der Waals surface area contributed by atoms with Crippen molar-refractivity contribution in [3.05, 3.63) is 72.3 Å². The van der Waals surface area contributed by atoms with Gasteiger partial charge in [-0.2, -0.15) is 0 Å². The minimum absolute atomic E-state index is 0.712. The number of para-hydroxylation sites is 2. The summed E-state index contributed by atoms with van der Waals surface area (Å²) in [6.07, 6.45) is 0. The Bertz CT molecular complexity index is 863. The molecule has 3 aromatic carbocycles. The first kappa shape index (κ1) is 16.9. The second-order valence-electron chi connectivity index (χ2n) is 6.95. The Labute approximate surface area is 155 Å². The number of hydrogen-bond donors (Lipinski definition) is 1. The van der Waals surface area contributed by atoms with E-state index in [4.69, 9.17) is 4.74 Å². The third-order valence-electron chi connectivity index (χ3n) is 5.30. The average molecular weight is 347 g/mol. The van der Waals surface area contributed by atoms with Gasteiger partial charge in [0.1, 0.15) is 12.3 Å². The van der Waals surface area contributed by atoms with Crippen molar-refractivity contribution >= 4 is 16.5 Å². The van der Waals surface area contributed by atoms with Crippen LogP contribution in [0.2, 0.25) is 0 Å². The smallest absolute Gasteiger partial charge is 0.142 e. The lowest BCUT2D eigenvalue weighted by Crippen LogP contribution is -3.13. The molecule has 4 rings (SSSR count). The van der Waals surface area contributed by atoms with Crippen LogP contribution in [0.5, 0.6) is 5.75 Å². The van der Waals surface area contributed by atoms with Crippen molar-refractivity contribution in [2.24, 2.45) is 0 Å². The maximum atomic E-state index is 5.81. The molecule has 0 unspecified atom stereocenters. The van der Waals surface area contributed by atoms with Crippen LogP contribution >= 0.6 is 0 Å². The zero-order valence-corrected chi connectivity index (χ0v) is 15.4. The summed E-state index contributed by atoms with van der Waals surface area (Å²) in [5, 5.41) is 2.74. The molecule has 1 aliphatic rings. The molecule has 1 N–H and O–H groups in total. The first-order valence-corrected chi connectivity index (χ1v) is 9.62. The van der Waals surface area contributed by atoms with Crippen molar-refractivity contribution in [2.75, 3.05) is 37.7 Å². The molecular formula is C23H27N2O+. The fourth-order valence-electron chi connectivity index (χ4n) is 3.95. The lowest BCUT2D eigenvalue weighted by atomic mass is 10.0. The third-order valence-corrected chi connectivity index (χ3v) is 5.30. The maximum Gasteiger partial charge on any atom is 0.142 e. The van der Waals surface area contributed by atoms with Crippen molar-refractivity contribution in [2.45, 2.75) is 13.5 Å². The molecule has 3 aromatic rings. The van der Waals surface area contributed by atoms with Gasteiger partial charge in [0.05, 0.1) is 38.5 Å². The second-order valence-corrected chi connectivity index (χ2v) is 6.95. The Morgan fingerprint density at radius 2 is 1.62 bits per heavy atom. The summed E-state index contributed by atoms with van der Waals surface area (Å²) in [5.74, 6) is 1.01. The second kappa shape index (κ2) is 7.79. The first-order chi connectivity index (χ1) is 12.8. The summed E-state index contributed by atoms with van der Waals surface area (Å²) in [6.45, 7) is 8.32. The Morgan fingerprint density at radius 3 is 2.46 bits per heavy atom. The Balaban J connectivity index is 1.44. The van der Waals surface area contributed by atoms with Crippen LogP contribution in [0.25, 0.3) is 10.8 Å². The topological polar surface area (TPSA) is 16.9 Å². The van der Waals surface area contributed by atoms with Crippen LogP contribution < -0.4 is 14.5 Å². The van der Waals surface area contributed by atoms with Crippen LogP contribution in [0.3, 0.4) is 0 Å². The fraction of sp³-hybridized carbons (Fsp3) is 0.304. The maximum absolute atomic E-state index is 5.81. The number of nitrogens with one attached hydrogen (secondary N) is 1. The lowest BCUT2D eigenvalue weighted by Gasteiger charge is -2.34. The monoisotopic (exact) mass is 347 g/mol. The number of ether oxygens (including phenoxy) is 1. The molecule has 0 bridgehead atoms. The number of anilines is 1. The van der Waals surface area contributed by atoms with Gasteiger partial charge in [0.15, 0.2) is 0 Å². The Hall–Kier alpha value is -2.52. The molecular weight excluding hydrogens is 320 g/mol. The molecule has 3 heteroatoms. The van der Waals surface area contributed by atoms with Crippen LogP contribution in [-0.4, -0.2) is 32.8 Å². The molecule has 0 amide bonds. The predicted molar refractivity (Wildman–Crippen MR) is 108 cm³/mol. The normalized spacial score (nSPS) is 15.3. The molecule has 1 saturated heterocycles. The molecule has 3 nitrogen and oxygen atoms in total. The van der Waals surface area contributed by atoms with Gasteiger partial charge in [0.25, 0.3) is 0 Å². The van der Waals surface area contributed by atoms with Gasteiger partial charge in [0, 0.05) is 5.56 Å². The van der Waals surface area contributed by atoms with Gasteiger partial charge < -0.3 is 14.5 Å². The van der Waals surface area contributed by atoms with E-state index >= 15 is 0 Å². The summed E-state index contributed by atoms with van der Waals surface area (Å²) in [5.41, 5.74) is 2.69. The molecule has 0 atom stereocenters. The van der Waals surface area contributed by atoms with Crippen molar-refractivity contribution in [1.29, 1.82) is 0 Å². The molecule has 0 aromatic heterocycles. The quantitative estimate of drug-likeness (QED) is 0.764. The van der Waals surface area contributed by atoms with Crippen molar-refractivity contribution in [1.82, 2.24) is 0 Å². The molecule has 0 radical (unpaired) electrons. The van der Waals surface area contributed by atoms with E-state index in [1.807, 2.05) is 6.92 Å². The minimum atomic E-state index is 0.712. The number of rotatable bonds is 5. The highest BCUT2D eigenvalue weighted by Gasteiger charge is 2.22. The lowest BCUT2D eigenvalue weighted by molar-refractivity contribution is -0.914. The summed E-state index contributed by atoms with van der Waals surface area (Å²) >= 11 is 0. The molecule has 0 saturated carbocycles. The molecule has 1 aliphatic heterocycles. The first-order valence-electron chi connectivity index (χ1n) is 9.62. The number of nitrogens with zero attached hydrogens (tertiary/aromatic N) is 1. The molecule has 1 heterocycles. The highest BCUT2D eigenvalue weighted by atomic mass is 16.5. The van der Waals surface area contributed by atoms with Crippen molar-refractivity contribution in [3.63, 3.8) is 0 Å². The van der Waals surface area contributed by atoms with Crippen LogP contribution in [0, 0.1) is 0 Å². The van der Waals surface area contributed by atoms with Gasteiger partial charge in [-0.25, -0.2) is 0 Å². The Kier molecular flexibility index (Phi) is 5.07. The van der Waals surface area contributed by atoms with Crippen LogP contribution in [-0.2, 0) is 6.54 Å². The summed E-state index contributed by atoms with van der Waals surface area (Å²) < 4.78 is 5.81. The van der Waals surface area contributed by atoms with Gasteiger partial charge >= 0.3 is 0 Å². The summed E-state index contributed by atoms with van der Waals surface area (Å²) in [4.78, 5) is 4.13. The van der Waals surface area contributed by atoms with E-state index in [9.17, 15) is 0 Å². The van der Waals surface area contributed by atoms with E-state index in [2.05, 4.69) is 71.6 Å². The third kappa shape index (κ3) is 3.54. The SMILES string of the molecule is CCOc1ccccc1N1CC[NH+](Cc2cccc3ccccc23)CC1. The van der Waals surface area contributed by atoms with E-state index in [0.29, 0.717) is 6.61 Å². The van der Waals surface area contributed by atoms with Crippen LogP contribution in [0.1, 0.15) is 12.5 Å². The number of benzene rings is 3. The summed E-state index contributed by atoms with van der Waals surface area (Å²) in [7, 11) is 0. The zero-order chi connectivity index (χ0) is 17.8. The van der Waals surface area contributed by atoms with Gasteiger partial charge in [0.2, 0.25) is 0 Å². The van der Waals surface area contributed by atoms with E-state index < -0.39 is 0 Å². The molecule has 134 valence electrons. The van der Waals surface area contributed by atoms with Gasteiger partial charge in [-0.1, -0.05) is 54.6 Å². The molecule has 0 spiro atoms. The predicted octanol–water partition coefficient (Wildman–Crippen LogP) is 3.14. The fourth-order valence-corrected chi connectivity index (χ4v) is 3.95. The van der Waals surface area contributed by atoms with Gasteiger partial charge in [-0.05, 0) is 29.8 Å². The van der Waals surface area contributed by atoms with E-state index in [1.165, 1.54) is 22.0 Å². The highest BCUT2D eigenvalue weighted by molar-refractivity contribution is 5.85. The molecule has 26 heavy (non-hydrogen) atoms. The molecule has 1 fully saturated rings. The van der Waals surface area contributed by atoms with Gasteiger partial charge in [-0.15, -0.1) is 0 Å². The standard InChI is InChI=1S/C23H26N2O/c1-2-26-23-13-6-5-12-22(23)25-16-14-24(15-17-25)18-20-10-7-9-19-8-3-4-11-21(19)20/h3-13H,2,14-18H2,1H3/p+1. The zero-order valence-electron chi connectivity index (χ0n) is 15.4. The van der Waals surface area contributed by atoms with Crippen LogP contribution in [0.15, 0.2) is 66.7 Å². The number of fused-ring (bicyclic) bond motifs is 1. The Morgan fingerprint density at radius 1 is 0.885 bits per heavy atom. The number of quaternary nitrogens is 1. The van der Waals surface area contributed by atoms with Crippen molar-refractivity contribution < 1.29 is 9.64 Å². The average Bonchev–Trinajstić information content (AvgIpc) is 2.70. The number of hydrogen-bond acceptors (Lipinski definition) is 2. The van der Waals surface area contributed by atoms with E-state index in [1.54, 1.807) is 4.90 Å². The minimum Gasteiger partial charge on any atom is -0.492 e. The molecule has 0 aliphatic carbocycles. The number of piperazine rings is 1. The van der Waals surface area contributed by atoms with E-state index in [0.717, 1.165) is 38.5 Å². The summed E-state index contributed by atoms with van der Waals surface area (Å²) in [6, 6.07) is 23.8. The van der Waals surface area contributed by atoms with E-state index in [-0.39, 0.29) is 0 Å². The van der Waals surface area contributed by atoms with Gasteiger partial charge in [-0.3, -0.25) is 0 Å². The van der Waals surface area contributed by atoms with Crippen molar-refractivity contribution in [3.8, 4) is 5.75 Å². The van der Waals surface area contributed by atoms with Crippen LogP contribution in [0.4, 0.5) is 5.69 Å². The largest absolute Gasteiger partial charge is 0.492 e. The highest BCUT2D eigenvalue weighted by Crippen LogP contribution is 2.27.